The lowest BCUT2D eigenvalue weighted by molar-refractivity contribution is -0.167. The first-order chi connectivity index (χ1) is 32.0. The van der Waals surface area contributed by atoms with Gasteiger partial charge in [-0.15, -0.1) is 0 Å². The fraction of sp³-hybridized carbons (Fsp3) is 0.712. The molecule has 0 bridgehead atoms. The molecular formula is C59H100O6. The minimum absolute atomic E-state index is 0.0831. The van der Waals surface area contributed by atoms with Gasteiger partial charge in [0.15, 0.2) is 6.10 Å². The number of carbonyl (C=O) groups is 3. The Morgan fingerprint density at radius 2 is 0.600 bits per heavy atom. The molecule has 0 aliphatic heterocycles. The Bertz CT molecular complexity index is 1270. The highest BCUT2D eigenvalue weighted by Crippen LogP contribution is 2.15. The standard InChI is InChI=1S/C59H100O6/c1-4-7-10-13-15-17-19-21-23-24-25-26-27-28-29-30-31-32-33-34-36-37-39-41-43-46-49-52-58(61)64-55-56(54-63-57(60)51-48-45-12-9-6-3)65-59(62)53-50-47-44-42-40-38-35-22-20-18-16-14-11-8-5-2/h7-8,10-11,15-18,21-23,25-26,35,56H,4-6,9,12-14,19-20,24,27-34,36-55H2,1-3H3/b10-7-,11-8-,17-15-,18-16-,23-21-,26-25-,35-22-. The number of unbranched alkanes of at least 4 members (excludes halogenated alkanes) is 23. The van der Waals surface area contributed by atoms with Crippen molar-refractivity contribution in [1.82, 2.24) is 0 Å². The third-order valence-electron chi connectivity index (χ3n) is 11.4. The smallest absolute Gasteiger partial charge is 0.306 e. The minimum Gasteiger partial charge on any atom is -0.462 e. The van der Waals surface area contributed by atoms with Gasteiger partial charge < -0.3 is 14.2 Å². The van der Waals surface area contributed by atoms with Crippen LogP contribution >= 0.6 is 0 Å². The lowest BCUT2D eigenvalue weighted by atomic mass is 10.0. The Morgan fingerprint density at radius 3 is 0.938 bits per heavy atom. The zero-order valence-electron chi connectivity index (χ0n) is 42.5. The van der Waals surface area contributed by atoms with Crippen molar-refractivity contribution < 1.29 is 28.6 Å². The molecule has 6 nitrogen and oxygen atoms in total. The molecule has 0 N–H and O–H groups in total. The number of esters is 3. The molecule has 0 radical (unpaired) electrons. The third kappa shape index (κ3) is 51.4. The summed E-state index contributed by atoms with van der Waals surface area (Å²) in [6, 6.07) is 0. The van der Waals surface area contributed by atoms with Gasteiger partial charge in [0.1, 0.15) is 13.2 Å². The lowest BCUT2D eigenvalue weighted by Gasteiger charge is -2.18. The van der Waals surface area contributed by atoms with E-state index in [1.165, 1.54) is 83.5 Å². The van der Waals surface area contributed by atoms with Gasteiger partial charge in [-0.25, -0.2) is 0 Å². The quantitative estimate of drug-likeness (QED) is 0.0262. The molecule has 0 aliphatic carbocycles. The molecule has 0 amide bonds. The van der Waals surface area contributed by atoms with E-state index in [2.05, 4.69) is 106 Å². The van der Waals surface area contributed by atoms with Gasteiger partial charge in [-0.3, -0.25) is 14.4 Å². The van der Waals surface area contributed by atoms with Crippen LogP contribution in [0.2, 0.25) is 0 Å². The average Bonchev–Trinajstić information content (AvgIpc) is 3.30. The number of hydrogen-bond acceptors (Lipinski definition) is 6. The second-order valence-electron chi connectivity index (χ2n) is 17.7. The first-order valence-electron chi connectivity index (χ1n) is 27.1. The largest absolute Gasteiger partial charge is 0.462 e. The summed E-state index contributed by atoms with van der Waals surface area (Å²) in [6.45, 7) is 6.32. The van der Waals surface area contributed by atoms with Crippen molar-refractivity contribution in [1.29, 1.82) is 0 Å². The van der Waals surface area contributed by atoms with Crippen molar-refractivity contribution in [3.63, 3.8) is 0 Å². The van der Waals surface area contributed by atoms with Crippen LogP contribution < -0.4 is 0 Å². The molecule has 0 fully saturated rings. The minimum atomic E-state index is -0.781. The van der Waals surface area contributed by atoms with Crippen molar-refractivity contribution in [2.75, 3.05) is 13.2 Å². The second-order valence-corrected chi connectivity index (χ2v) is 17.7. The van der Waals surface area contributed by atoms with Gasteiger partial charge in [-0.05, 0) is 89.9 Å². The summed E-state index contributed by atoms with van der Waals surface area (Å²) in [5.41, 5.74) is 0. The van der Waals surface area contributed by atoms with Gasteiger partial charge in [0.05, 0.1) is 0 Å². The van der Waals surface area contributed by atoms with E-state index in [-0.39, 0.29) is 31.1 Å². The zero-order chi connectivity index (χ0) is 47.2. The van der Waals surface area contributed by atoms with Crippen molar-refractivity contribution in [2.24, 2.45) is 0 Å². The first-order valence-corrected chi connectivity index (χ1v) is 27.1. The Kier molecular flexibility index (Phi) is 50.4. The first kappa shape index (κ1) is 61.6. The molecule has 0 rings (SSSR count). The fourth-order valence-corrected chi connectivity index (χ4v) is 7.39. The van der Waals surface area contributed by atoms with E-state index in [0.29, 0.717) is 19.3 Å². The average molecular weight is 905 g/mol. The van der Waals surface area contributed by atoms with Crippen LogP contribution in [0.25, 0.3) is 0 Å². The van der Waals surface area contributed by atoms with Crippen LogP contribution in [0.4, 0.5) is 0 Å². The molecule has 1 atom stereocenters. The van der Waals surface area contributed by atoms with E-state index in [1.54, 1.807) is 0 Å². The number of ether oxygens (including phenoxy) is 3. The van der Waals surface area contributed by atoms with Crippen molar-refractivity contribution in [3.8, 4) is 0 Å². The Morgan fingerprint density at radius 1 is 0.323 bits per heavy atom. The predicted octanol–water partition coefficient (Wildman–Crippen LogP) is 18.0. The summed E-state index contributed by atoms with van der Waals surface area (Å²) in [4.78, 5) is 37.7. The molecular weight excluding hydrogens is 805 g/mol. The fourth-order valence-electron chi connectivity index (χ4n) is 7.39. The van der Waals surface area contributed by atoms with Gasteiger partial charge in [0.25, 0.3) is 0 Å². The van der Waals surface area contributed by atoms with Gasteiger partial charge in [-0.2, -0.15) is 0 Å². The van der Waals surface area contributed by atoms with Crippen molar-refractivity contribution >= 4 is 17.9 Å². The Hall–Kier alpha value is -3.41. The van der Waals surface area contributed by atoms with Crippen LogP contribution in [0, 0.1) is 0 Å². The van der Waals surface area contributed by atoms with Gasteiger partial charge in [0.2, 0.25) is 0 Å². The van der Waals surface area contributed by atoms with Crippen LogP contribution in [-0.4, -0.2) is 37.2 Å². The van der Waals surface area contributed by atoms with E-state index in [9.17, 15) is 14.4 Å². The number of allylic oxidation sites excluding steroid dienone is 14. The molecule has 65 heavy (non-hydrogen) atoms. The maximum atomic E-state index is 12.7. The summed E-state index contributed by atoms with van der Waals surface area (Å²) >= 11 is 0. The number of carbonyl (C=O) groups excluding carboxylic acids is 3. The van der Waals surface area contributed by atoms with Crippen LogP contribution in [0.15, 0.2) is 85.1 Å². The van der Waals surface area contributed by atoms with Crippen LogP contribution in [-0.2, 0) is 28.6 Å². The maximum Gasteiger partial charge on any atom is 0.306 e. The Balaban J connectivity index is 4.06. The molecule has 0 aliphatic rings. The van der Waals surface area contributed by atoms with Crippen molar-refractivity contribution in [2.45, 2.75) is 258 Å². The van der Waals surface area contributed by atoms with E-state index in [1.807, 2.05) is 0 Å². The summed E-state index contributed by atoms with van der Waals surface area (Å²) in [5.74, 6) is -0.914. The predicted molar refractivity (Wildman–Crippen MR) is 279 cm³/mol. The second kappa shape index (κ2) is 53.2. The molecule has 372 valence electrons. The van der Waals surface area contributed by atoms with Gasteiger partial charge in [-0.1, -0.05) is 228 Å². The maximum absolute atomic E-state index is 12.7. The van der Waals surface area contributed by atoms with Gasteiger partial charge in [0, 0.05) is 19.3 Å². The Labute approximate surface area is 401 Å². The third-order valence-corrected chi connectivity index (χ3v) is 11.4. The summed E-state index contributed by atoms with van der Waals surface area (Å²) < 4.78 is 16.7. The van der Waals surface area contributed by atoms with Crippen LogP contribution in [0.1, 0.15) is 252 Å². The molecule has 0 aromatic heterocycles. The summed E-state index contributed by atoms with van der Waals surface area (Å²) in [6.07, 6.45) is 69.1. The normalized spacial score (nSPS) is 12.7. The summed E-state index contributed by atoms with van der Waals surface area (Å²) in [7, 11) is 0. The topological polar surface area (TPSA) is 78.9 Å². The molecule has 0 aromatic carbocycles. The van der Waals surface area contributed by atoms with Crippen LogP contribution in [0.5, 0.6) is 0 Å². The van der Waals surface area contributed by atoms with Crippen molar-refractivity contribution in [3.05, 3.63) is 85.1 Å². The highest BCUT2D eigenvalue weighted by Gasteiger charge is 2.19. The zero-order valence-corrected chi connectivity index (χ0v) is 42.5. The van der Waals surface area contributed by atoms with E-state index in [0.717, 1.165) is 128 Å². The van der Waals surface area contributed by atoms with E-state index < -0.39 is 6.10 Å². The molecule has 0 heterocycles. The van der Waals surface area contributed by atoms with E-state index in [4.69, 9.17) is 14.2 Å². The lowest BCUT2D eigenvalue weighted by Crippen LogP contribution is -2.30. The number of rotatable bonds is 48. The highest BCUT2D eigenvalue weighted by molar-refractivity contribution is 5.71. The molecule has 0 aromatic rings. The molecule has 1 unspecified atom stereocenters. The molecule has 0 saturated carbocycles. The molecule has 0 saturated heterocycles. The monoisotopic (exact) mass is 905 g/mol. The highest BCUT2D eigenvalue weighted by atomic mass is 16.6. The SMILES string of the molecule is CC/C=C\C/C=C\C/C=C\C/C=C\CCCCCCCCCCCCCCCCC(=O)OCC(COC(=O)CCCCCCC)OC(=O)CCCCCCC/C=C\C/C=C\C/C=C\CC. The molecule has 0 spiro atoms. The summed E-state index contributed by atoms with van der Waals surface area (Å²) in [5, 5.41) is 0. The molecule has 6 heteroatoms. The van der Waals surface area contributed by atoms with Crippen LogP contribution in [0.3, 0.4) is 0 Å². The van der Waals surface area contributed by atoms with Gasteiger partial charge >= 0.3 is 17.9 Å². The number of hydrogen-bond donors (Lipinski definition) is 0. The van der Waals surface area contributed by atoms with E-state index >= 15 is 0 Å².